The molecule has 0 bridgehead atoms. The largest absolute Gasteiger partial charge is 0.392 e. The number of aliphatic hydroxyl groups excluding tert-OH is 1. The topological polar surface area (TPSA) is 83.6 Å². The molecule has 1 aliphatic rings. The van der Waals surface area contributed by atoms with E-state index in [0.29, 0.717) is 24.1 Å². The Bertz CT molecular complexity index is 569. The molecule has 0 radical (unpaired) electrons. The summed E-state index contributed by atoms with van der Waals surface area (Å²) in [6.07, 6.45) is -0.0497. The molecule has 0 aliphatic carbocycles. The van der Waals surface area contributed by atoms with E-state index in [9.17, 15) is 13.5 Å². The van der Waals surface area contributed by atoms with Crippen molar-refractivity contribution in [1.82, 2.24) is 4.31 Å². The predicted octanol–water partition coefficient (Wildman–Crippen LogP) is 0.217. The van der Waals surface area contributed by atoms with E-state index in [4.69, 9.17) is 18.0 Å². The maximum absolute atomic E-state index is 12.1. The lowest BCUT2D eigenvalue weighted by molar-refractivity contribution is 0.189. The minimum atomic E-state index is -3.37. The van der Waals surface area contributed by atoms with Gasteiger partial charge in [-0.05, 0) is 12.0 Å². The molecule has 1 atom stereocenters. The number of hydrogen-bond acceptors (Lipinski definition) is 4. The quantitative estimate of drug-likeness (QED) is 0.777. The molecule has 1 saturated heterocycles. The Kier molecular flexibility index (Phi) is 4.19. The van der Waals surface area contributed by atoms with Crippen LogP contribution in [0.2, 0.25) is 0 Å². The Balaban J connectivity index is 2.10. The fraction of sp³-hybridized carbons (Fsp3) is 0.417. The molecule has 0 aromatic heterocycles. The van der Waals surface area contributed by atoms with E-state index in [2.05, 4.69) is 0 Å². The van der Waals surface area contributed by atoms with Crippen molar-refractivity contribution in [3.63, 3.8) is 0 Å². The van der Waals surface area contributed by atoms with Crippen LogP contribution in [0.5, 0.6) is 0 Å². The first-order valence-corrected chi connectivity index (χ1v) is 7.95. The van der Waals surface area contributed by atoms with E-state index in [1.165, 1.54) is 4.31 Å². The molecule has 1 heterocycles. The van der Waals surface area contributed by atoms with Crippen LogP contribution >= 0.6 is 12.2 Å². The van der Waals surface area contributed by atoms with Crippen molar-refractivity contribution in [2.75, 3.05) is 13.1 Å². The third kappa shape index (κ3) is 3.50. The summed E-state index contributed by atoms with van der Waals surface area (Å²) in [6.45, 7) is 0.571. The third-order valence-corrected chi connectivity index (χ3v) is 5.16. The number of nitrogens with two attached hydrogens (primary N) is 1. The molecule has 0 spiro atoms. The van der Waals surface area contributed by atoms with Crippen molar-refractivity contribution in [3.05, 3.63) is 35.4 Å². The number of rotatable bonds is 4. The average Bonchev–Trinajstić information content (AvgIpc) is 2.77. The zero-order valence-electron chi connectivity index (χ0n) is 10.3. The number of sulfonamides is 1. The molecule has 1 aromatic carbocycles. The van der Waals surface area contributed by atoms with Crippen LogP contribution < -0.4 is 5.73 Å². The van der Waals surface area contributed by atoms with E-state index in [-0.39, 0.29) is 17.3 Å². The number of nitrogens with zero attached hydrogens (tertiary/aromatic N) is 1. The van der Waals surface area contributed by atoms with Crippen molar-refractivity contribution in [1.29, 1.82) is 0 Å². The molecule has 19 heavy (non-hydrogen) atoms. The maximum atomic E-state index is 12.1. The SMILES string of the molecule is NC(=S)c1ccc(CS(=O)(=O)N2CCC(O)C2)cc1. The van der Waals surface area contributed by atoms with Gasteiger partial charge in [-0.1, -0.05) is 36.5 Å². The molecule has 1 aliphatic heterocycles. The van der Waals surface area contributed by atoms with Crippen LogP contribution in [0.25, 0.3) is 0 Å². The lowest BCUT2D eigenvalue weighted by Crippen LogP contribution is -2.30. The maximum Gasteiger partial charge on any atom is 0.218 e. The normalized spacial score (nSPS) is 20.6. The lowest BCUT2D eigenvalue weighted by atomic mass is 10.1. The molecule has 1 fully saturated rings. The molecule has 0 saturated carbocycles. The summed E-state index contributed by atoms with van der Waals surface area (Å²) in [5, 5.41) is 9.39. The summed E-state index contributed by atoms with van der Waals surface area (Å²) in [4.78, 5) is 0.289. The van der Waals surface area contributed by atoms with Gasteiger partial charge in [0, 0.05) is 18.7 Å². The second kappa shape index (κ2) is 5.54. The second-order valence-corrected chi connectivity index (χ2v) is 7.03. The number of aliphatic hydroxyl groups is 1. The van der Waals surface area contributed by atoms with Gasteiger partial charge in [-0.3, -0.25) is 0 Å². The van der Waals surface area contributed by atoms with Crippen LogP contribution in [0.1, 0.15) is 17.5 Å². The van der Waals surface area contributed by atoms with Gasteiger partial charge in [-0.25, -0.2) is 8.42 Å². The van der Waals surface area contributed by atoms with Crippen molar-refractivity contribution >= 4 is 27.2 Å². The number of thiocarbonyl (C=S) groups is 1. The van der Waals surface area contributed by atoms with Crippen LogP contribution in [0.3, 0.4) is 0 Å². The van der Waals surface area contributed by atoms with Gasteiger partial charge in [0.1, 0.15) is 4.99 Å². The van der Waals surface area contributed by atoms with Crippen LogP contribution in [-0.2, 0) is 15.8 Å². The third-order valence-electron chi connectivity index (χ3n) is 3.11. The molecule has 2 rings (SSSR count). The van der Waals surface area contributed by atoms with Gasteiger partial charge in [0.05, 0.1) is 11.9 Å². The summed E-state index contributed by atoms with van der Waals surface area (Å²) in [6, 6.07) is 6.84. The van der Waals surface area contributed by atoms with Crippen molar-refractivity contribution < 1.29 is 13.5 Å². The van der Waals surface area contributed by atoms with Gasteiger partial charge in [0.2, 0.25) is 10.0 Å². The molecule has 5 nitrogen and oxygen atoms in total. The Morgan fingerprint density at radius 3 is 2.53 bits per heavy atom. The molecule has 1 aromatic rings. The molecular formula is C12H16N2O3S2. The highest BCUT2D eigenvalue weighted by Gasteiger charge is 2.30. The lowest BCUT2D eigenvalue weighted by Gasteiger charge is -2.15. The van der Waals surface area contributed by atoms with Crippen molar-refractivity contribution in [3.8, 4) is 0 Å². The van der Waals surface area contributed by atoms with Crippen LogP contribution in [-0.4, -0.2) is 42.0 Å². The average molecular weight is 300 g/mol. The standard InChI is InChI=1S/C12H16N2O3S2/c13-12(18)10-3-1-9(2-4-10)8-19(16,17)14-6-5-11(15)7-14/h1-4,11,15H,5-8H2,(H2,13,18). The van der Waals surface area contributed by atoms with Gasteiger partial charge in [-0.15, -0.1) is 0 Å². The predicted molar refractivity (Wildman–Crippen MR) is 77.2 cm³/mol. The van der Waals surface area contributed by atoms with E-state index >= 15 is 0 Å². The van der Waals surface area contributed by atoms with E-state index in [0.717, 1.165) is 0 Å². The monoisotopic (exact) mass is 300 g/mol. The number of benzene rings is 1. The fourth-order valence-corrected chi connectivity index (χ4v) is 3.75. The Hall–Kier alpha value is -1.02. The first-order chi connectivity index (χ1) is 8.88. The summed E-state index contributed by atoms with van der Waals surface area (Å²) in [5.74, 6) is -0.0721. The highest BCUT2D eigenvalue weighted by atomic mass is 32.2. The van der Waals surface area contributed by atoms with Crippen molar-refractivity contribution in [2.45, 2.75) is 18.3 Å². The van der Waals surface area contributed by atoms with E-state index in [1.807, 2.05) is 0 Å². The number of β-amino-alcohol motifs (C(OH)–C–C–N with tert-alkyl or cyclic N) is 1. The van der Waals surface area contributed by atoms with Gasteiger partial charge < -0.3 is 10.8 Å². The number of hydrogen-bond donors (Lipinski definition) is 2. The minimum Gasteiger partial charge on any atom is -0.392 e. The van der Waals surface area contributed by atoms with E-state index in [1.54, 1.807) is 24.3 Å². The van der Waals surface area contributed by atoms with Crippen molar-refractivity contribution in [2.24, 2.45) is 5.73 Å². The molecular weight excluding hydrogens is 284 g/mol. The molecule has 3 N–H and O–H groups in total. The van der Waals surface area contributed by atoms with Gasteiger partial charge in [0.25, 0.3) is 0 Å². The first-order valence-electron chi connectivity index (χ1n) is 5.93. The summed E-state index contributed by atoms with van der Waals surface area (Å²) >= 11 is 4.84. The molecule has 104 valence electrons. The van der Waals surface area contributed by atoms with Gasteiger partial charge in [-0.2, -0.15) is 4.31 Å². The summed E-state index contributed by atoms with van der Waals surface area (Å²) in [7, 11) is -3.37. The Labute approximate surface area is 118 Å². The molecule has 0 amide bonds. The first kappa shape index (κ1) is 14.4. The van der Waals surface area contributed by atoms with Gasteiger partial charge in [0.15, 0.2) is 0 Å². The zero-order chi connectivity index (χ0) is 14.0. The summed E-state index contributed by atoms with van der Waals surface area (Å²) in [5.41, 5.74) is 6.88. The smallest absolute Gasteiger partial charge is 0.218 e. The van der Waals surface area contributed by atoms with Gasteiger partial charge >= 0.3 is 0 Å². The zero-order valence-corrected chi connectivity index (χ0v) is 12.0. The molecule has 1 unspecified atom stereocenters. The van der Waals surface area contributed by atoms with Crippen LogP contribution in [0.15, 0.2) is 24.3 Å². The van der Waals surface area contributed by atoms with Crippen LogP contribution in [0.4, 0.5) is 0 Å². The highest BCUT2D eigenvalue weighted by molar-refractivity contribution is 7.88. The highest BCUT2D eigenvalue weighted by Crippen LogP contribution is 2.18. The van der Waals surface area contributed by atoms with E-state index < -0.39 is 16.1 Å². The van der Waals surface area contributed by atoms with Crippen LogP contribution in [0, 0.1) is 0 Å². The Morgan fingerprint density at radius 1 is 1.42 bits per heavy atom. The second-order valence-electron chi connectivity index (χ2n) is 4.62. The minimum absolute atomic E-state index is 0.0721. The summed E-state index contributed by atoms with van der Waals surface area (Å²) < 4.78 is 25.6. The molecule has 7 heteroatoms. The fourth-order valence-electron chi connectivity index (χ4n) is 2.03. The Morgan fingerprint density at radius 2 is 2.05 bits per heavy atom.